The van der Waals surface area contributed by atoms with Gasteiger partial charge in [0.05, 0.1) is 5.69 Å². The Balaban J connectivity index is 2.99. The molecule has 1 rings (SSSR count). The maximum atomic E-state index is 11.1. The van der Waals surface area contributed by atoms with Crippen LogP contribution in [0.3, 0.4) is 0 Å². The lowest BCUT2D eigenvalue weighted by atomic mass is 10.3. The molecular formula is C7H12N4O. The number of hydrogen-bond donors (Lipinski definition) is 2. The third kappa shape index (κ3) is 1.39. The van der Waals surface area contributed by atoms with Crippen LogP contribution >= 0.6 is 0 Å². The molecule has 0 aromatic carbocycles. The second-order valence-corrected chi connectivity index (χ2v) is 2.37. The lowest BCUT2D eigenvalue weighted by Crippen LogP contribution is -2.19. The third-order valence-corrected chi connectivity index (χ3v) is 1.56. The molecule has 1 amide bonds. The Morgan fingerprint density at radius 3 is 2.92 bits per heavy atom. The van der Waals surface area contributed by atoms with Crippen molar-refractivity contribution in [3.05, 3.63) is 11.9 Å². The van der Waals surface area contributed by atoms with Gasteiger partial charge in [-0.2, -0.15) is 5.10 Å². The number of nitrogens with zero attached hydrogens (tertiary/aromatic N) is 2. The number of nitrogens with one attached hydrogen (secondary N) is 1. The highest BCUT2D eigenvalue weighted by molar-refractivity contribution is 5.96. The van der Waals surface area contributed by atoms with E-state index < -0.39 is 0 Å². The molecule has 0 aliphatic heterocycles. The molecule has 12 heavy (non-hydrogen) atoms. The zero-order chi connectivity index (χ0) is 9.14. The van der Waals surface area contributed by atoms with Crippen LogP contribution in [0.1, 0.15) is 17.4 Å². The summed E-state index contributed by atoms with van der Waals surface area (Å²) in [6.45, 7) is 2.64. The third-order valence-electron chi connectivity index (χ3n) is 1.56. The van der Waals surface area contributed by atoms with E-state index in [1.165, 1.54) is 0 Å². The summed E-state index contributed by atoms with van der Waals surface area (Å²) < 4.78 is 1.62. The predicted molar refractivity (Wildman–Crippen MR) is 45.7 cm³/mol. The molecule has 66 valence electrons. The molecule has 0 aliphatic rings. The van der Waals surface area contributed by atoms with Crippen LogP contribution in [-0.4, -0.2) is 22.7 Å². The SMILES string of the molecule is CCn1cc(N)c(C(=O)NC)n1. The van der Waals surface area contributed by atoms with Gasteiger partial charge in [-0.3, -0.25) is 9.48 Å². The molecule has 0 spiro atoms. The topological polar surface area (TPSA) is 72.9 Å². The Morgan fingerprint density at radius 2 is 2.50 bits per heavy atom. The van der Waals surface area contributed by atoms with Crippen LogP contribution in [0.25, 0.3) is 0 Å². The molecule has 0 fully saturated rings. The predicted octanol–water partition coefficient (Wildman–Crippen LogP) is -0.155. The summed E-state index contributed by atoms with van der Waals surface area (Å²) in [7, 11) is 1.55. The first-order chi connectivity index (χ1) is 5.69. The Kier molecular flexibility index (Phi) is 2.32. The number of nitrogens with two attached hydrogens (primary N) is 1. The molecule has 0 aliphatic carbocycles. The number of carbonyl (C=O) groups excluding carboxylic acids is 1. The number of carbonyl (C=O) groups is 1. The van der Waals surface area contributed by atoms with Crippen molar-refractivity contribution in [1.82, 2.24) is 15.1 Å². The van der Waals surface area contributed by atoms with E-state index in [1.807, 2.05) is 6.92 Å². The Morgan fingerprint density at radius 1 is 1.83 bits per heavy atom. The highest BCUT2D eigenvalue weighted by atomic mass is 16.1. The summed E-state index contributed by atoms with van der Waals surface area (Å²) in [5.41, 5.74) is 6.25. The quantitative estimate of drug-likeness (QED) is 0.644. The Bertz CT molecular complexity index is 292. The molecule has 0 atom stereocenters. The van der Waals surface area contributed by atoms with Gasteiger partial charge in [-0.1, -0.05) is 0 Å². The van der Waals surface area contributed by atoms with Gasteiger partial charge in [0, 0.05) is 19.8 Å². The van der Waals surface area contributed by atoms with Crippen molar-refractivity contribution in [3.8, 4) is 0 Å². The first-order valence-corrected chi connectivity index (χ1v) is 3.74. The van der Waals surface area contributed by atoms with E-state index in [1.54, 1.807) is 17.9 Å². The maximum Gasteiger partial charge on any atom is 0.273 e. The van der Waals surface area contributed by atoms with Crippen molar-refractivity contribution in [2.24, 2.45) is 0 Å². The first kappa shape index (κ1) is 8.58. The first-order valence-electron chi connectivity index (χ1n) is 3.74. The van der Waals surface area contributed by atoms with Crippen molar-refractivity contribution in [3.63, 3.8) is 0 Å². The molecular weight excluding hydrogens is 156 g/mol. The van der Waals surface area contributed by atoms with Crippen molar-refractivity contribution >= 4 is 11.6 Å². The van der Waals surface area contributed by atoms with Crippen LogP contribution in [0.4, 0.5) is 5.69 Å². The van der Waals surface area contributed by atoms with Gasteiger partial charge in [-0.05, 0) is 6.92 Å². The van der Waals surface area contributed by atoms with E-state index in [4.69, 9.17) is 5.73 Å². The largest absolute Gasteiger partial charge is 0.396 e. The van der Waals surface area contributed by atoms with Gasteiger partial charge in [0.1, 0.15) is 0 Å². The van der Waals surface area contributed by atoms with Crippen LogP contribution in [0.15, 0.2) is 6.20 Å². The average Bonchev–Trinajstić information content (AvgIpc) is 2.45. The van der Waals surface area contributed by atoms with Crippen LogP contribution < -0.4 is 11.1 Å². The highest BCUT2D eigenvalue weighted by Gasteiger charge is 2.11. The minimum absolute atomic E-state index is 0.250. The lowest BCUT2D eigenvalue weighted by molar-refractivity contribution is 0.0958. The minimum Gasteiger partial charge on any atom is -0.396 e. The van der Waals surface area contributed by atoms with Gasteiger partial charge in [0.15, 0.2) is 5.69 Å². The van der Waals surface area contributed by atoms with Gasteiger partial charge in [-0.15, -0.1) is 0 Å². The van der Waals surface area contributed by atoms with Crippen LogP contribution in [0, 0.1) is 0 Å². The number of anilines is 1. The van der Waals surface area contributed by atoms with Crippen LogP contribution in [0.5, 0.6) is 0 Å². The summed E-state index contributed by atoms with van der Waals surface area (Å²) in [5.74, 6) is -0.250. The number of rotatable bonds is 2. The lowest BCUT2D eigenvalue weighted by Gasteiger charge is -1.94. The van der Waals surface area contributed by atoms with Gasteiger partial charge >= 0.3 is 0 Å². The summed E-state index contributed by atoms with van der Waals surface area (Å²) >= 11 is 0. The second kappa shape index (κ2) is 3.25. The van der Waals surface area contributed by atoms with E-state index in [0.717, 1.165) is 0 Å². The molecule has 0 saturated carbocycles. The summed E-state index contributed by atoms with van der Waals surface area (Å²) in [5, 5.41) is 6.44. The molecule has 5 nitrogen and oxygen atoms in total. The van der Waals surface area contributed by atoms with Gasteiger partial charge < -0.3 is 11.1 Å². The zero-order valence-corrected chi connectivity index (χ0v) is 7.16. The Labute approximate surface area is 70.5 Å². The van der Waals surface area contributed by atoms with Crippen molar-refractivity contribution < 1.29 is 4.79 Å². The van der Waals surface area contributed by atoms with Crippen molar-refractivity contribution in [2.75, 3.05) is 12.8 Å². The number of amides is 1. The van der Waals surface area contributed by atoms with E-state index in [9.17, 15) is 4.79 Å². The second-order valence-electron chi connectivity index (χ2n) is 2.37. The molecule has 1 aromatic heterocycles. The average molecular weight is 168 g/mol. The van der Waals surface area contributed by atoms with Gasteiger partial charge in [0.25, 0.3) is 5.91 Å². The van der Waals surface area contributed by atoms with Crippen molar-refractivity contribution in [2.45, 2.75) is 13.5 Å². The van der Waals surface area contributed by atoms with E-state index >= 15 is 0 Å². The van der Waals surface area contributed by atoms with Crippen molar-refractivity contribution in [1.29, 1.82) is 0 Å². The highest BCUT2D eigenvalue weighted by Crippen LogP contribution is 2.07. The monoisotopic (exact) mass is 168 g/mol. The van der Waals surface area contributed by atoms with E-state index in [-0.39, 0.29) is 5.91 Å². The molecule has 0 bridgehead atoms. The number of hydrogen-bond acceptors (Lipinski definition) is 3. The summed E-state index contributed by atoms with van der Waals surface area (Å²) in [6, 6.07) is 0. The fourth-order valence-corrected chi connectivity index (χ4v) is 0.894. The summed E-state index contributed by atoms with van der Waals surface area (Å²) in [4.78, 5) is 11.1. The number of nitrogen functional groups attached to an aromatic ring is 1. The fourth-order valence-electron chi connectivity index (χ4n) is 0.894. The van der Waals surface area contributed by atoms with Crippen LogP contribution in [-0.2, 0) is 6.54 Å². The van der Waals surface area contributed by atoms with Gasteiger partial charge in [0.2, 0.25) is 0 Å². The van der Waals surface area contributed by atoms with E-state index in [2.05, 4.69) is 10.4 Å². The van der Waals surface area contributed by atoms with E-state index in [0.29, 0.717) is 17.9 Å². The molecule has 0 unspecified atom stereocenters. The zero-order valence-electron chi connectivity index (χ0n) is 7.16. The molecule has 0 radical (unpaired) electrons. The minimum atomic E-state index is -0.250. The van der Waals surface area contributed by atoms with Crippen LogP contribution in [0.2, 0.25) is 0 Å². The smallest absolute Gasteiger partial charge is 0.273 e. The molecule has 1 heterocycles. The molecule has 0 saturated heterocycles. The standard InChI is InChI=1S/C7H12N4O/c1-3-11-4-5(8)6(10-11)7(12)9-2/h4H,3,8H2,1-2H3,(H,9,12). The Hall–Kier alpha value is -1.52. The maximum absolute atomic E-state index is 11.1. The number of aromatic nitrogens is 2. The molecule has 5 heteroatoms. The fraction of sp³-hybridized carbons (Fsp3) is 0.429. The number of aryl methyl sites for hydroxylation is 1. The summed E-state index contributed by atoms with van der Waals surface area (Å²) in [6.07, 6.45) is 1.64. The van der Waals surface area contributed by atoms with Gasteiger partial charge in [-0.25, -0.2) is 0 Å². The molecule has 1 aromatic rings. The molecule has 3 N–H and O–H groups in total. The normalized spacial score (nSPS) is 9.83.